The van der Waals surface area contributed by atoms with Crippen LogP contribution < -0.4 is 0 Å². The molecule has 0 bridgehead atoms. The highest BCUT2D eigenvalue weighted by Crippen LogP contribution is 2.60. The van der Waals surface area contributed by atoms with Crippen molar-refractivity contribution in [1.29, 1.82) is 0 Å². The van der Waals surface area contributed by atoms with Crippen LogP contribution in [0.1, 0.15) is 6.42 Å². The van der Waals surface area contributed by atoms with E-state index in [1.54, 1.807) is 0 Å². The standard InChI is InChI=1S/C8H4O6/c9-4-2-1-8(3(2)5(10)13-4)6(11)14-7(8)12/h2-3H,1H2. The number of hydrogen-bond acceptors (Lipinski definition) is 6. The van der Waals surface area contributed by atoms with E-state index in [1.807, 2.05) is 0 Å². The first-order chi connectivity index (χ1) is 6.57. The number of carbonyl (C=O) groups excluding carboxylic acids is 4. The molecule has 14 heavy (non-hydrogen) atoms. The third kappa shape index (κ3) is 0.520. The van der Waals surface area contributed by atoms with Crippen molar-refractivity contribution in [3.63, 3.8) is 0 Å². The SMILES string of the molecule is O=C1OC(=O)C2C1CC21C(=O)OC1=O. The molecular weight excluding hydrogens is 192 g/mol. The first kappa shape index (κ1) is 7.66. The van der Waals surface area contributed by atoms with E-state index in [2.05, 4.69) is 9.47 Å². The first-order valence-electron chi connectivity index (χ1n) is 4.09. The minimum Gasteiger partial charge on any atom is -0.393 e. The average Bonchev–Trinajstić information content (AvgIpc) is 2.20. The highest BCUT2D eigenvalue weighted by atomic mass is 16.6. The highest BCUT2D eigenvalue weighted by Gasteiger charge is 2.79. The zero-order chi connectivity index (χ0) is 10.1. The van der Waals surface area contributed by atoms with Crippen molar-refractivity contribution in [3.8, 4) is 0 Å². The zero-order valence-electron chi connectivity index (χ0n) is 6.81. The summed E-state index contributed by atoms with van der Waals surface area (Å²) in [5.41, 5.74) is -1.38. The molecule has 1 saturated carbocycles. The molecule has 0 aromatic rings. The Labute approximate surface area is 77.1 Å². The molecule has 2 heterocycles. The van der Waals surface area contributed by atoms with Gasteiger partial charge in [0.15, 0.2) is 5.41 Å². The number of hydrogen-bond donors (Lipinski definition) is 0. The Balaban J connectivity index is 2.02. The van der Waals surface area contributed by atoms with Gasteiger partial charge in [0.05, 0.1) is 11.8 Å². The van der Waals surface area contributed by atoms with E-state index in [4.69, 9.17) is 0 Å². The lowest BCUT2D eigenvalue weighted by Gasteiger charge is -2.48. The van der Waals surface area contributed by atoms with Crippen LogP contribution in [0, 0.1) is 17.3 Å². The third-order valence-corrected chi connectivity index (χ3v) is 3.15. The monoisotopic (exact) mass is 196 g/mol. The topological polar surface area (TPSA) is 86.7 Å². The maximum atomic E-state index is 11.1. The molecule has 2 aliphatic heterocycles. The Hall–Kier alpha value is -1.72. The van der Waals surface area contributed by atoms with Crippen LogP contribution in [0.4, 0.5) is 0 Å². The number of cyclic esters (lactones) is 4. The minimum absolute atomic E-state index is 0.0555. The van der Waals surface area contributed by atoms with Crippen LogP contribution in [-0.2, 0) is 28.7 Å². The summed E-state index contributed by atoms with van der Waals surface area (Å²) >= 11 is 0. The van der Waals surface area contributed by atoms with Crippen LogP contribution in [0.25, 0.3) is 0 Å². The zero-order valence-corrected chi connectivity index (χ0v) is 6.81. The summed E-state index contributed by atoms with van der Waals surface area (Å²) in [6.07, 6.45) is 0.0555. The molecule has 3 fully saturated rings. The van der Waals surface area contributed by atoms with E-state index in [9.17, 15) is 19.2 Å². The Kier molecular flexibility index (Phi) is 1.02. The summed E-state index contributed by atoms with van der Waals surface area (Å²) in [7, 11) is 0. The molecule has 0 N–H and O–H groups in total. The summed E-state index contributed by atoms with van der Waals surface area (Å²) in [6.45, 7) is 0. The van der Waals surface area contributed by atoms with Crippen LogP contribution in [0.15, 0.2) is 0 Å². The van der Waals surface area contributed by atoms with Gasteiger partial charge in [-0.15, -0.1) is 0 Å². The van der Waals surface area contributed by atoms with E-state index >= 15 is 0 Å². The molecule has 0 radical (unpaired) electrons. The van der Waals surface area contributed by atoms with Crippen LogP contribution >= 0.6 is 0 Å². The maximum Gasteiger partial charge on any atom is 0.332 e. The second-order valence-electron chi connectivity index (χ2n) is 3.68. The molecule has 0 amide bonds. The lowest BCUT2D eigenvalue weighted by atomic mass is 9.52. The average molecular weight is 196 g/mol. The number of ether oxygens (including phenoxy) is 2. The lowest BCUT2D eigenvalue weighted by Crippen LogP contribution is -2.67. The van der Waals surface area contributed by atoms with Crippen molar-refractivity contribution in [2.45, 2.75) is 6.42 Å². The van der Waals surface area contributed by atoms with E-state index in [0.29, 0.717) is 0 Å². The summed E-state index contributed by atoms with van der Waals surface area (Å²) in [4.78, 5) is 44.3. The van der Waals surface area contributed by atoms with Crippen molar-refractivity contribution in [2.24, 2.45) is 17.3 Å². The fourth-order valence-electron chi connectivity index (χ4n) is 2.32. The Morgan fingerprint density at radius 3 is 2.14 bits per heavy atom. The van der Waals surface area contributed by atoms with Crippen LogP contribution in [-0.4, -0.2) is 23.9 Å². The van der Waals surface area contributed by atoms with Gasteiger partial charge < -0.3 is 9.47 Å². The second kappa shape index (κ2) is 1.87. The molecule has 6 heteroatoms. The number of rotatable bonds is 0. The van der Waals surface area contributed by atoms with E-state index < -0.39 is 41.1 Å². The number of fused-ring (bicyclic) bond motifs is 2. The predicted octanol–water partition coefficient (Wildman–Crippen LogP) is -1.22. The van der Waals surface area contributed by atoms with Crippen molar-refractivity contribution >= 4 is 23.9 Å². The normalized spacial score (nSPS) is 37.1. The van der Waals surface area contributed by atoms with Crippen molar-refractivity contribution in [2.75, 3.05) is 0 Å². The van der Waals surface area contributed by atoms with Gasteiger partial charge in [0.2, 0.25) is 0 Å². The van der Waals surface area contributed by atoms with Gasteiger partial charge >= 0.3 is 23.9 Å². The van der Waals surface area contributed by atoms with Gasteiger partial charge in [0.1, 0.15) is 0 Å². The van der Waals surface area contributed by atoms with Crippen molar-refractivity contribution < 1.29 is 28.7 Å². The van der Waals surface area contributed by atoms with Gasteiger partial charge in [-0.05, 0) is 6.42 Å². The minimum atomic E-state index is -1.38. The van der Waals surface area contributed by atoms with E-state index in [0.717, 1.165) is 0 Å². The van der Waals surface area contributed by atoms with Gasteiger partial charge in [-0.1, -0.05) is 0 Å². The molecule has 1 aliphatic carbocycles. The smallest absolute Gasteiger partial charge is 0.332 e. The Bertz CT molecular complexity index is 394. The Morgan fingerprint density at radius 1 is 1.00 bits per heavy atom. The summed E-state index contributed by atoms with van der Waals surface area (Å²) in [5.74, 6) is -4.40. The molecule has 2 atom stereocenters. The first-order valence-corrected chi connectivity index (χ1v) is 4.09. The highest BCUT2D eigenvalue weighted by molar-refractivity contribution is 6.20. The molecule has 6 nitrogen and oxygen atoms in total. The van der Waals surface area contributed by atoms with Crippen molar-refractivity contribution in [1.82, 2.24) is 0 Å². The van der Waals surface area contributed by atoms with Gasteiger partial charge in [0, 0.05) is 0 Å². The lowest BCUT2D eigenvalue weighted by molar-refractivity contribution is -0.217. The summed E-state index contributed by atoms with van der Waals surface area (Å²) in [5, 5.41) is 0. The quantitative estimate of drug-likeness (QED) is 0.356. The fraction of sp³-hybridized carbons (Fsp3) is 0.500. The molecule has 3 rings (SSSR count). The molecular formula is C8H4O6. The van der Waals surface area contributed by atoms with Gasteiger partial charge in [-0.25, -0.2) is 0 Å². The van der Waals surface area contributed by atoms with Gasteiger partial charge in [0.25, 0.3) is 0 Å². The van der Waals surface area contributed by atoms with Crippen LogP contribution in [0.5, 0.6) is 0 Å². The molecule has 3 aliphatic rings. The molecule has 2 unspecified atom stereocenters. The van der Waals surface area contributed by atoms with Gasteiger partial charge in [-0.3, -0.25) is 19.2 Å². The van der Waals surface area contributed by atoms with E-state index in [1.165, 1.54) is 0 Å². The Morgan fingerprint density at radius 2 is 1.64 bits per heavy atom. The fourth-order valence-corrected chi connectivity index (χ4v) is 2.32. The van der Waals surface area contributed by atoms with Crippen LogP contribution in [0.2, 0.25) is 0 Å². The second-order valence-corrected chi connectivity index (χ2v) is 3.68. The molecule has 1 spiro atoms. The predicted molar refractivity (Wildman–Crippen MR) is 36.2 cm³/mol. The largest absolute Gasteiger partial charge is 0.393 e. The molecule has 72 valence electrons. The molecule has 2 saturated heterocycles. The maximum absolute atomic E-state index is 11.1. The van der Waals surface area contributed by atoms with Crippen molar-refractivity contribution in [3.05, 3.63) is 0 Å². The van der Waals surface area contributed by atoms with Crippen LogP contribution in [0.3, 0.4) is 0 Å². The number of carbonyl (C=O) groups is 4. The van der Waals surface area contributed by atoms with E-state index in [-0.39, 0.29) is 6.42 Å². The summed E-state index contributed by atoms with van der Waals surface area (Å²) in [6, 6.07) is 0. The number of esters is 4. The summed E-state index contributed by atoms with van der Waals surface area (Å²) < 4.78 is 8.53. The molecule has 0 aromatic heterocycles. The third-order valence-electron chi connectivity index (χ3n) is 3.15. The van der Waals surface area contributed by atoms with Gasteiger partial charge in [-0.2, -0.15) is 0 Å². The molecule has 0 aromatic carbocycles.